The number of carbonyl (C=O) groups excluding carboxylic acids is 2. The molecule has 3 aromatic rings. The molecule has 9 heteroatoms. The van der Waals surface area contributed by atoms with E-state index in [1.165, 1.54) is 18.2 Å². The SMILES string of the molecule is COC(=O)[C@]12C[C@H]1CN(c1nc(-c3cc(C)cc(C)c3OCc3ccc4c(c3C)CCN(C(=O)OC(C)(C)C)C4)cs1)C2. The average molecular weight is 604 g/mol. The number of esters is 1. The number of benzene rings is 2. The summed E-state index contributed by atoms with van der Waals surface area (Å²) in [6, 6.07) is 8.52. The maximum Gasteiger partial charge on any atom is 0.410 e. The molecule has 43 heavy (non-hydrogen) atoms. The van der Waals surface area contributed by atoms with Crippen LogP contribution in [-0.2, 0) is 33.8 Å². The van der Waals surface area contributed by atoms with Crippen molar-refractivity contribution in [1.82, 2.24) is 9.88 Å². The second kappa shape index (κ2) is 10.8. The van der Waals surface area contributed by atoms with Crippen LogP contribution < -0.4 is 9.64 Å². The average Bonchev–Trinajstić information content (AvgIpc) is 3.28. The smallest absolute Gasteiger partial charge is 0.410 e. The van der Waals surface area contributed by atoms with Gasteiger partial charge in [0.1, 0.15) is 18.0 Å². The van der Waals surface area contributed by atoms with Gasteiger partial charge in [-0.05, 0) is 99.7 Å². The van der Waals surface area contributed by atoms with Crippen LogP contribution in [0.4, 0.5) is 9.93 Å². The topological polar surface area (TPSA) is 81.2 Å². The molecule has 2 aliphatic heterocycles. The van der Waals surface area contributed by atoms with Crippen molar-refractivity contribution < 1.29 is 23.8 Å². The fourth-order valence-corrected chi connectivity index (χ4v) is 7.53. The highest BCUT2D eigenvalue weighted by Crippen LogP contribution is 2.59. The normalized spacial score (nSPS) is 20.9. The van der Waals surface area contributed by atoms with E-state index in [-0.39, 0.29) is 17.5 Å². The first-order chi connectivity index (χ1) is 20.4. The first kappa shape index (κ1) is 29.5. The Morgan fingerprint density at radius 2 is 1.95 bits per heavy atom. The maximum atomic E-state index is 12.6. The van der Waals surface area contributed by atoms with Gasteiger partial charge in [-0.15, -0.1) is 11.3 Å². The van der Waals surface area contributed by atoms with E-state index in [9.17, 15) is 9.59 Å². The predicted molar refractivity (Wildman–Crippen MR) is 168 cm³/mol. The van der Waals surface area contributed by atoms with Gasteiger partial charge in [0.15, 0.2) is 5.13 Å². The van der Waals surface area contributed by atoms with Crippen molar-refractivity contribution in [3.63, 3.8) is 0 Å². The van der Waals surface area contributed by atoms with E-state index < -0.39 is 5.60 Å². The fraction of sp³-hybridized carbons (Fsp3) is 0.500. The zero-order chi connectivity index (χ0) is 30.7. The number of thiazole rings is 1. The minimum absolute atomic E-state index is 0.0976. The van der Waals surface area contributed by atoms with Crippen molar-refractivity contribution in [2.75, 3.05) is 31.6 Å². The number of methoxy groups -OCH3 is 1. The Bertz CT molecular complexity index is 1590. The summed E-state index contributed by atoms with van der Waals surface area (Å²) in [5.41, 5.74) is 8.04. The summed E-state index contributed by atoms with van der Waals surface area (Å²) in [6.07, 6.45) is 1.44. The van der Waals surface area contributed by atoms with Crippen molar-refractivity contribution >= 4 is 28.5 Å². The van der Waals surface area contributed by atoms with Crippen LogP contribution in [0.1, 0.15) is 60.6 Å². The molecule has 228 valence electrons. The van der Waals surface area contributed by atoms with Crippen LogP contribution in [0.2, 0.25) is 0 Å². The molecule has 1 saturated heterocycles. The molecule has 1 saturated carbocycles. The van der Waals surface area contributed by atoms with Gasteiger partial charge in [-0.3, -0.25) is 4.79 Å². The molecule has 8 nitrogen and oxygen atoms in total. The number of piperidine rings is 1. The molecule has 0 spiro atoms. The van der Waals surface area contributed by atoms with Gasteiger partial charge in [-0.1, -0.05) is 18.2 Å². The van der Waals surface area contributed by atoms with E-state index in [1.807, 2.05) is 20.8 Å². The van der Waals surface area contributed by atoms with Crippen LogP contribution in [0.3, 0.4) is 0 Å². The number of hydrogen-bond acceptors (Lipinski definition) is 8. The number of fused-ring (bicyclic) bond motifs is 2. The lowest BCUT2D eigenvalue weighted by molar-refractivity contribution is -0.146. The van der Waals surface area contributed by atoms with Crippen molar-refractivity contribution in [1.29, 1.82) is 0 Å². The number of anilines is 1. The van der Waals surface area contributed by atoms with Gasteiger partial charge in [-0.2, -0.15) is 0 Å². The lowest BCUT2D eigenvalue weighted by Gasteiger charge is -2.32. The molecule has 0 N–H and O–H groups in total. The summed E-state index contributed by atoms with van der Waals surface area (Å²) in [7, 11) is 1.48. The molecule has 3 heterocycles. The molecule has 3 aliphatic rings. The zero-order valence-electron chi connectivity index (χ0n) is 26.2. The minimum Gasteiger partial charge on any atom is -0.488 e. The molecule has 2 fully saturated rings. The first-order valence-corrected chi connectivity index (χ1v) is 15.9. The highest BCUT2D eigenvalue weighted by molar-refractivity contribution is 7.14. The second-order valence-electron chi connectivity index (χ2n) is 13.3. The quantitative estimate of drug-likeness (QED) is 0.294. The maximum absolute atomic E-state index is 12.6. The van der Waals surface area contributed by atoms with E-state index in [4.69, 9.17) is 19.2 Å². The van der Waals surface area contributed by atoms with Gasteiger partial charge in [-0.25, -0.2) is 9.78 Å². The summed E-state index contributed by atoms with van der Waals surface area (Å²) in [5, 5.41) is 3.02. The highest BCUT2D eigenvalue weighted by Gasteiger charge is 2.66. The monoisotopic (exact) mass is 603 g/mol. The van der Waals surface area contributed by atoms with Crippen LogP contribution >= 0.6 is 11.3 Å². The van der Waals surface area contributed by atoms with E-state index >= 15 is 0 Å². The molecule has 0 unspecified atom stereocenters. The first-order valence-electron chi connectivity index (χ1n) is 15.0. The Hall–Kier alpha value is -3.59. The van der Waals surface area contributed by atoms with Gasteiger partial charge in [0.2, 0.25) is 0 Å². The van der Waals surface area contributed by atoms with Gasteiger partial charge in [0.05, 0.1) is 18.2 Å². The molecule has 6 rings (SSSR count). The zero-order valence-corrected chi connectivity index (χ0v) is 27.0. The van der Waals surface area contributed by atoms with Crippen molar-refractivity contribution in [2.45, 2.75) is 73.1 Å². The summed E-state index contributed by atoms with van der Waals surface area (Å²) in [5.74, 6) is 1.10. The number of nitrogens with zero attached hydrogens (tertiary/aromatic N) is 3. The molecule has 1 aromatic heterocycles. The molecular formula is C34H41N3O5S. The van der Waals surface area contributed by atoms with Gasteiger partial charge in [0.25, 0.3) is 0 Å². The number of aryl methyl sites for hydroxylation is 2. The van der Waals surface area contributed by atoms with E-state index in [0.29, 0.717) is 32.2 Å². The van der Waals surface area contributed by atoms with E-state index in [0.717, 1.165) is 63.8 Å². The Morgan fingerprint density at radius 1 is 1.16 bits per heavy atom. The molecule has 0 radical (unpaired) electrons. The highest BCUT2D eigenvalue weighted by atomic mass is 32.1. The number of amides is 1. The Balaban J connectivity index is 1.18. The molecule has 1 amide bonds. The van der Waals surface area contributed by atoms with Gasteiger partial charge >= 0.3 is 12.1 Å². The number of aromatic nitrogens is 1. The van der Waals surface area contributed by atoms with Crippen LogP contribution in [0.5, 0.6) is 5.75 Å². The summed E-state index contributed by atoms with van der Waals surface area (Å²) < 4.78 is 17.3. The number of hydrogen-bond donors (Lipinski definition) is 0. The largest absolute Gasteiger partial charge is 0.488 e. The van der Waals surface area contributed by atoms with E-state index in [2.05, 4.69) is 55.3 Å². The van der Waals surface area contributed by atoms with Crippen LogP contribution in [-0.4, -0.2) is 54.3 Å². The second-order valence-corrected chi connectivity index (χ2v) is 14.2. The van der Waals surface area contributed by atoms with Gasteiger partial charge in [0, 0.05) is 37.1 Å². The minimum atomic E-state index is -0.511. The van der Waals surface area contributed by atoms with Crippen LogP contribution in [0, 0.1) is 32.1 Å². The molecule has 2 aromatic carbocycles. The summed E-state index contributed by atoms with van der Waals surface area (Å²) in [6.45, 7) is 15.1. The number of carbonyl (C=O) groups is 2. The van der Waals surface area contributed by atoms with E-state index in [1.54, 1.807) is 16.2 Å². The van der Waals surface area contributed by atoms with Crippen molar-refractivity contribution in [2.24, 2.45) is 11.3 Å². The molecule has 0 bridgehead atoms. The van der Waals surface area contributed by atoms with Crippen LogP contribution in [0.25, 0.3) is 11.3 Å². The van der Waals surface area contributed by atoms with Gasteiger partial charge < -0.3 is 24.0 Å². The fourth-order valence-electron chi connectivity index (χ4n) is 6.70. The summed E-state index contributed by atoms with van der Waals surface area (Å²) >= 11 is 1.61. The third kappa shape index (κ3) is 5.59. The third-order valence-electron chi connectivity index (χ3n) is 9.02. The standard InChI is InChI=1S/C34H41N3O5S/c1-20-12-21(2)29(27(13-20)28-18-43-31(35-28)37-16-25-14-34(25,19-37)30(38)40-7)41-17-24-9-8-23-15-36(11-10-26(23)22(24)3)32(39)42-33(4,5)6/h8-9,12-13,18,25H,10-11,14-17,19H2,1-7H3/t25-,34-/m0/s1. The van der Waals surface area contributed by atoms with Crippen molar-refractivity contribution in [3.05, 3.63) is 63.0 Å². The lowest BCUT2D eigenvalue weighted by atomic mass is 9.92. The summed E-state index contributed by atoms with van der Waals surface area (Å²) in [4.78, 5) is 34.1. The Kier molecular flexibility index (Phi) is 7.43. The third-order valence-corrected chi connectivity index (χ3v) is 9.92. The van der Waals surface area contributed by atoms with Crippen LogP contribution in [0.15, 0.2) is 29.6 Å². The Labute approximate surface area is 258 Å². The predicted octanol–water partition coefficient (Wildman–Crippen LogP) is 6.61. The van der Waals surface area contributed by atoms with Crippen molar-refractivity contribution in [3.8, 4) is 17.0 Å². The number of rotatable bonds is 6. The molecule has 2 atom stereocenters. The molecular weight excluding hydrogens is 562 g/mol. The lowest BCUT2D eigenvalue weighted by Crippen LogP contribution is -2.40. The Morgan fingerprint density at radius 3 is 2.70 bits per heavy atom. The number of ether oxygens (including phenoxy) is 3. The molecule has 1 aliphatic carbocycles.